The molecular formula is C13H27N3O2. The van der Waals surface area contributed by atoms with Crippen molar-refractivity contribution >= 4 is 5.91 Å². The van der Waals surface area contributed by atoms with Crippen LogP contribution in [0.1, 0.15) is 20.8 Å². The number of hydrogen-bond donors (Lipinski definition) is 1. The number of hydrogen-bond acceptors (Lipinski definition) is 4. The molecule has 1 aliphatic heterocycles. The number of nitrogens with zero attached hydrogens (tertiary/aromatic N) is 3. The zero-order valence-electron chi connectivity index (χ0n) is 11.9. The average molecular weight is 257 g/mol. The Kier molecular flexibility index (Phi) is 6.60. The van der Waals surface area contributed by atoms with Crippen LogP contribution < -0.4 is 0 Å². The molecule has 5 nitrogen and oxygen atoms in total. The molecule has 1 saturated heterocycles. The summed E-state index contributed by atoms with van der Waals surface area (Å²) in [7, 11) is 0. The molecule has 5 heteroatoms. The number of likely N-dealkylation sites (N-methyl/N-ethyl adjacent to an activating group) is 1. The zero-order valence-corrected chi connectivity index (χ0v) is 11.9. The van der Waals surface area contributed by atoms with Gasteiger partial charge in [0.1, 0.15) is 6.10 Å². The van der Waals surface area contributed by atoms with Crippen molar-refractivity contribution < 1.29 is 9.90 Å². The fraction of sp³-hybridized carbons (Fsp3) is 0.923. The summed E-state index contributed by atoms with van der Waals surface area (Å²) >= 11 is 0. The van der Waals surface area contributed by atoms with E-state index in [1.165, 1.54) is 6.92 Å². The highest BCUT2D eigenvalue weighted by molar-refractivity contribution is 5.80. The Balaban J connectivity index is 2.25. The van der Waals surface area contributed by atoms with Gasteiger partial charge in [-0.05, 0) is 20.0 Å². The van der Waals surface area contributed by atoms with Gasteiger partial charge in [0.25, 0.3) is 5.91 Å². The maximum Gasteiger partial charge on any atom is 0.251 e. The van der Waals surface area contributed by atoms with Crippen LogP contribution in [0.25, 0.3) is 0 Å². The second kappa shape index (κ2) is 7.71. The predicted octanol–water partition coefficient (Wildman–Crippen LogP) is -0.147. The molecule has 1 unspecified atom stereocenters. The maximum absolute atomic E-state index is 11.6. The first-order chi connectivity index (χ1) is 8.58. The van der Waals surface area contributed by atoms with Gasteiger partial charge in [-0.1, -0.05) is 13.8 Å². The molecule has 0 aromatic carbocycles. The van der Waals surface area contributed by atoms with Crippen LogP contribution in [0, 0.1) is 0 Å². The van der Waals surface area contributed by atoms with E-state index in [0.717, 1.165) is 52.4 Å². The smallest absolute Gasteiger partial charge is 0.251 e. The van der Waals surface area contributed by atoms with Crippen LogP contribution in [-0.2, 0) is 4.79 Å². The molecule has 1 heterocycles. The van der Waals surface area contributed by atoms with Crippen LogP contribution in [0.2, 0.25) is 0 Å². The molecule has 0 aromatic rings. The van der Waals surface area contributed by atoms with Gasteiger partial charge in [-0.3, -0.25) is 9.69 Å². The number of carbonyl (C=O) groups is 1. The fourth-order valence-corrected chi connectivity index (χ4v) is 2.28. The second-order valence-corrected chi connectivity index (χ2v) is 4.87. The zero-order chi connectivity index (χ0) is 13.5. The van der Waals surface area contributed by atoms with Crippen molar-refractivity contribution in [2.75, 3.05) is 52.4 Å². The summed E-state index contributed by atoms with van der Waals surface area (Å²) in [5, 5.41) is 9.27. The largest absolute Gasteiger partial charge is 0.384 e. The molecule has 0 aliphatic carbocycles. The molecule has 1 rings (SSSR count). The normalized spacial score (nSPS) is 19.3. The molecule has 106 valence electrons. The van der Waals surface area contributed by atoms with E-state index >= 15 is 0 Å². The number of aliphatic hydroxyl groups excluding tert-OH is 1. The van der Waals surface area contributed by atoms with Crippen LogP contribution in [0.15, 0.2) is 0 Å². The van der Waals surface area contributed by atoms with Gasteiger partial charge in [-0.15, -0.1) is 0 Å². The fourth-order valence-electron chi connectivity index (χ4n) is 2.28. The summed E-state index contributed by atoms with van der Waals surface area (Å²) in [5.41, 5.74) is 0. The Bertz CT molecular complexity index is 247. The van der Waals surface area contributed by atoms with Crippen molar-refractivity contribution in [3.8, 4) is 0 Å². The molecule has 1 fully saturated rings. The van der Waals surface area contributed by atoms with Gasteiger partial charge in [0.2, 0.25) is 0 Å². The number of rotatable bonds is 6. The van der Waals surface area contributed by atoms with Crippen LogP contribution in [0.4, 0.5) is 0 Å². The molecule has 1 amide bonds. The van der Waals surface area contributed by atoms with Crippen molar-refractivity contribution in [2.24, 2.45) is 0 Å². The van der Waals surface area contributed by atoms with Gasteiger partial charge in [-0.25, -0.2) is 0 Å². The number of aliphatic hydroxyl groups is 1. The van der Waals surface area contributed by atoms with Crippen molar-refractivity contribution in [3.05, 3.63) is 0 Å². The summed E-state index contributed by atoms with van der Waals surface area (Å²) in [6.07, 6.45) is -0.868. The number of piperazine rings is 1. The highest BCUT2D eigenvalue weighted by Gasteiger charge is 2.23. The third-order valence-electron chi connectivity index (χ3n) is 3.67. The standard InChI is InChI=1S/C13H27N3O2/c1-4-14(5-2)6-7-15-8-10-16(11-9-15)13(18)12(3)17/h12,17H,4-11H2,1-3H3. The van der Waals surface area contributed by atoms with Gasteiger partial charge in [0, 0.05) is 39.3 Å². The minimum atomic E-state index is -0.868. The van der Waals surface area contributed by atoms with Crippen LogP contribution in [0.5, 0.6) is 0 Å². The SMILES string of the molecule is CCN(CC)CCN1CCN(C(=O)C(C)O)CC1. The Morgan fingerprint density at radius 2 is 1.78 bits per heavy atom. The minimum Gasteiger partial charge on any atom is -0.384 e. The van der Waals surface area contributed by atoms with E-state index in [4.69, 9.17) is 0 Å². The molecule has 18 heavy (non-hydrogen) atoms. The third-order valence-corrected chi connectivity index (χ3v) is 3.67. The lowest BCUT2D eigenvalue weighted by atomic mass is 10.2. The molecule has 0 aromatic heterocycles. The lowest BCUT2D eigenvalue weighted by molar-refractivity contribution is -0.141. The third kappa shape index (κ3) is 4.55. The van der Waals surface area contributed by atoms with Gasteiger partial charge in [0.05, 0.1) is 0 Å². The topological polar surface area (TPSA) is 47.0 Å². The molecule has 0 spiro atoms. The van der Waals surface area contributed by atoms with Crippen molar-refractivity contribution in [2.45, 2.75) is 26.9 Å². The van der Waals surface area contributed by atoms with E-state index in [1.54, 1.807) is 4.90 Å². The highest BCUT2D eigenvalue weighted by Crippen LogP contribution is 2.04. The van der Waals surface area contributed by atoms with Crippen LogP contribution >= 0.6 is 0 Å². The number of amides is 1. The summed E-state index contributed by atoms with van der Waals surface area (Å²) in [4.78, 5) is 18.2. The van der Waals surface area contributed by atoms with E-state index in [9.17, 15) is 9.90 Å². The molecule has 1 aliphatic rings. The van der Waals surface area contributed by atoms with Crippen LogP contribution in [0.3, 0.4) is 0 Å². The molecule has 1 atom stereocenters. The van der Waals surface area contributed by atoms with Gasteiger partial charge in [-0.2, -0.15) is 0 Å². The average Bonchev–Trinajstić information content (AvgIpc) is 2.39. The summed E-state index contributed by atoms with van der Waals surface area (Å²) < 4.78 is 0. The van der Waals surface area contributed by atoms with Crippen LogP contribution in [-0.4, -0.2) is 84.2 Å². The van der Waals surface area contributed by atoms with Crippen molar-refractivity contribution in [1.82, 2.24) is 14.7 Å². The Morgan fingerprint density at radius 1 is 1.22 bits per heavy atom. The van der Waals surface area contributed by atoms with E-state index in [-0.39, 0.29) is 5.91 Å². The maximum atomic E-state index is 11.6. The second-order valence-electron chi connectivity index (χ2n) is 4.87. The Labute approximate surface area is 110 Å². The van der Waals surface area contributed by atoms with Crippen molar-refractivity contribution in [1.29, 1.82) is 0 Å². The van der Waals surface area contributed by atoms with Crippen molar-refractivity contribution in [3.63, 3.8) is 0 Å². The monoisotopic (exact) mass is 257 g/mol. The summed E-state index contributed by atoms with van der Waals surface area (Å²) in [6, 6.07) is 0. The summed E-state index contributed by atoms with van der Waals surface area (Å²) in [5.74, 6) is -0.140. The first-order valence-electron chi connectivity index (χ1n) is 7.00. The highest BCUT2D eigenvalue weighted by atomic mass is 16.3. The van der Waals surface area contributed by atoms with Gasteiger partial charge < -0.3 is 14.9 Å². The molecule has 0 bridgehead atoms. The van der Waals surface area contributed by atoms with E-state index in [2.05, 4.69) is 23.6 Å². The van der Waals surface area contributed by atoms with E-state index in [0.29, 0.717) is 0 Å². The Hall–Kier alpha value is -0.650. The summed E-state index contributed by atoms with van der Waals surface area (Å²) in [6.45, 7) is 13.6. The van der Waals surface area contributed by atoms with E-state index < -0.39 is 6.10 Å². The first kappa shape index (κ1) is 15.4. The van der Waals surface area contributed by atoms with Gasteiger partial charge in [0.15, 0.2) is 0 Å². The molecule has 0 saturated carbocycles. The minimum absolute atomic E-state index is 0.140. The number of carbonyl (C=O) groups excluding carboxylic acids is 1. The van der Waals surface area contributed by atoms with E-state index in [1.807, 2.05) is 0 Å². The van der Waals surface area contributed by atoms with Gasteiger partial charge >= 0.3 is 0 Å². The lowest BCUT2D eigenvalue weighted by Crippen LogP contribution is -2.52. The molecular weight excluding hydrogens is 230 g/mol. The predicted molar refractivity (Wildman–Crippen MR) is 72.5 cm³/mol. The Morgan fingerprint density at radius 3 is 2.22 bits per heavy atom. The first-order valence-corrected chi connectivity index (χ1v) is 7.00. The molecule has 1 N–H and O–H groups in total. The molecule has 0 radical (unpaired) electrons. The quantitative estimate of drug-likeness (QED) is 0.719. The lowest BCUT2D eigenvalue weighted by Gasteiger charge is -2.36.